The standard InChI is InChI=1S/C16H26ClN3O/c1-4-20-14(16(17)10(2)18-20)9-15(21)11-7-12-5-6-13(8-11)19(12)3/h11-13,15,21H,4-9H2,1-3H3. The minimum Gasteiger partial charge on any atom is -0.392 e. The van der Waals surface area contributed by atoms with Gasteiger partial charge >= 0.3 is 0 Å². The van der Waals surface area contributed by atoms with Crippen LogP contribution in [0.25, 0.3) is 0 Å². The molecule has 2 saturated heterocycles. The predicted octanol–water partition coefficient (Wildman–Crippen LogP) is 2.64. The molecule has 3 rings (SSSR count). The number of nitrogens with zero attached hydrogens (tertiary/aromatic N) is 3. The van der Waals surface area contributed by atoms with Crippen LogP contribution in [0.2, 0.25) is 5.02 Å². The highest BCUT2D eigenvalue weighted by Gasteiger charge is 2.40. The topological polar surface area (TPSA) is 41.3 Å². The van der Waals surface area contributed by atoms with Gasteiger partial charge in [0.05, 0.1) is 22.5 Å². The summed E-state index contributed by atoms with van der Waals surface area (Å²) >= 11 is 6.37. The second-order valence-corrected chi connectivity index (χ2v) is 7.09. The van der Waals surface area contributed by atoms with Crippen LogP contribution in [0.15, 0.2) is 0 Å². The van der Waals surface area contributed by atoms with Crippen molar-refractivity contribution in [3.05, 3.63) is 16.4 Å². The number of aliphatic hydroxyl groups is 1. The molecule has 0 amide bonds. The van der Waals surface area contributed by atoms with Crippen molar-refractivity contribution < 1.29 is 5.11 Å². The Morgan fingerprint density at radius 1 is 1.33 bits per heavy atom. The van der Waals surface area contributed by atoms with Gasteiger partial charge in [0.25, 0.3) is 0 Å². The van der Waals surface area contributed by atoms with Gasteiger partial charge < -0.3 is 10.0 Å². The zero-order valence-electron chi connectivity index (χ0n) is 13.2. The van der Waals surface area contributed by atoms with Gasteiger partial charge in [-0.25, -0.2) is 0 Å². The van der Waals surface area contributed by atoms with Gasteiger partial charge in [0.2, 0.25) is 0 Å². The first-order valence-corrected chi connectivity index (χ1v) is 8.50. The lowest BCUT2D eigenvalue weighted by molar-refractivity contribution is 0.0357. The van der Waals surface area contributed by atoms with E-state index in [0.717, 1.165) is 35.8 Å². The third-order valence-corrected chi connectivity index (χ3v) is 6.03. The van der Waals surface area contributed by atoms with Gasteiger partial charge in [-0.15, -0.1) is 0 Å². The summed E-state index contributed by atoms with van der Waals surface area (Å²) in [5, 5.41) is 15.9. The molecule has 3 atom stereocenters. The third-order valence-electron chi connectivity index (χ3n) is 5.53. The van der Waals surface area contributed by atoms with Crippen LogP contribution < -0.4 is 0 Å². The summed E-state index contributed by atoms with van der Waals surface area (Å²) in [4.78, 5) is 2.51. The van der Waals surface area contributed by atoms with E-state index < -0.39 is 0 Å². The Hall–Kier alpha value is -0.580. The van der Waals surface area contributed by atoms with E-state index in [1.165, 1.54) is 12.8 Å². The van der Waals surface area contributed by atoms with Crippen LogP contribution in [0.1, 0.15) is 44.0 Å². The average Bonchev–Trinajstić information content (AvgIpc) is 2.85. The molecule has 0 aliphatic carbocycles. The first-order chi connectivity index (χ1) is 10.0. The zero-order chi connectivity index (χ0) is 15.1. The number of hydrogen-bond donors (Lipinski definition) is 1. The van der Waals surface area contributed by atoms with Crippen molar-refractivity contribution in [1.29, 1.82) is 0 Å². The minimum absolute atomic E-state index is 0.305. The van der Waals surface area contributed by atoms with Crippen molar-refractivity contribution in [2.75, 3.05) is 7.05 Å². The van der Waals surface area contributed by atoms with Gasteiger partial charge in [-0.1, -0.05) is 11.6 Å². The number of rotatable bonds is 4. The van der Waals surface area contributed by atoms with Crippen LogP contribution in [0, 0.1) is 12.8 Å². The van der Waals surface area contributed by atoms with E-state index >= 15 is 0 Å². The monoisotopic (exact) mass is 311 g/mol. The Bertz CT molecular complexity index is 502. The third kappa shape index (κ3) is 2.73. The lowest BCUT2D eigenvalue weighted by Gasteiger charge is -2.38. The van der Waals surface area contributed by atoms with E-state index in [2.05, 4.69) is 24.0 Å². The largest absolute Gasteiger partial charge is 0.392 e. The number of halogens is 1. The molecule has 2 aliphatic heterocycles. The molecule has 0 saturated carbocycles. The van der Waals surface area contributed by atoms with Gasteiger partial charge in [0, 0.05) is 25.0 Å². The molecule has 118 valence electrons. The molecule has 1 aromatic rings. The molecule has 2 bridgehead atoms. The first kappa shape index (κ1) is 15.3. The van der Waals surface area contributed by atoms with Gasteiger partial charge in [-0.05, 0) is 52.5 Å². The number of fused-ring (bicyclic) bond motifs is 2. The second-order valence-electron chi connectivity index (χ2n) is 6.72. The van der Waals surface area contributed by atoms with Crippen LogP contribution in [0.5, 0.6) is 0 Å². The molecule has 5 heteroatoms. The van der Waals surface area contributed by atoms with Crippen molar-refractivity contribution in [1.82, 2.24) is 14.7 Å². The van der Waals surface area contributed by atoms with Crippen molar-refractivity contribution >= 4 is 11.6 Å². The van der Waals surface area contributed by atoms with Crippen molar-refractivity contribution in [2.24, 2.45) is 5.92 Å². The molecule has 3 unspecified atom stereocenters. The summed E-state index contributed by atoms with van der Waals surface area (Å²) in [7, 11) is 2.23. The van der Waals surface area contributed by atoms with E-state index in [0.29, 0.717) is 24.4 Å². The average molecular weight is 312 g/mol. The summed E-state index contributed by atoms with van der Waals surface area (Å²) in [6, 6.07) is 1.33. The summed E-state index contributed by atoms with van der Waals surface area (Å²) in [5.74, 6) is 0.398. The Kier molecular flexibility index (Phi) is 4.30. The molecule has 21 heavy (non-hydrogen) atoms. The molecular formula is C16H26ClN3O. The maximum atomic E-state index is 10.7. The number of aliphatic hydroxyl groups excluding tert-OH is 1. The van der Waals surface area contributed by atoms with Crippen LogP contribution in [0.3, 0.4) is 0 Å². The molecule has 0 aromatic carbocycles. The fraction of sp³-hybridized carbons (Fsp3) is 0.812. The molecule has 4 nitrogen and oxygen atoms in total. The fourth-order valence-corrected chi connectivity index (χ4v) is 4.41. The normalized spacial score (nSPS) is 30.8. The summed E-state index contributed by atoms with van der Waals surface area (Å²) < 4.78 is 1.93. The van der Waals surface area contributed by atoms with Gasteiger partial charge in [0.15, 0.2) is 0 Å². The smallest absolute Gasteiger partial charge is 0.0848 e. The van der Waals surface area contributed by atoms with E-state index in [-0.39, 0.29) is 6.10 Å². The van der Waals surface area contributed by atoms with Gasteiger partial charge in [0.1, 0.15) is 0 Å². The maximum Gasteiger partial charge on any atom is 0.0848 e. The fourth-order valence-electron chi connectivity index (χ4n) is 4.20. The Balaban J connectivity index is 1.71. The number of aryl methyl sites for hydroxylation is 2. The summed E-state index contributed by atoms with van der Waals surface area (Å²) in [6.07, 6.45) is 5.13. The number of aromatic nitrogens is 2. The molecule has 2 aliphatic rings. The molecule has 0 radical (unpaired) electrons. The van der Waals surface area contributed by atoms with Crippen LogP contribution in [0.4, 0.5) is 0 Å². The number of piperidine rings is 1. The van der Waals surface area contributed by atoms with Crippen molar-refractivity contribution in [3.63, 3.8) is 0 Å². The predicted molar refractivity (Wildman–Crippen MR) is 84.7 cm³/mol. The molecule has 2 fully saturated rings. The highest BCUT2D eigenvalue weighted by molar-refractivity contribution is 6.31. The zero-order valence-corrected chi connectivity index (χ0v) is 14.0. The van der Waals surface area contributed by atoms with E-state index in [4.69, 9.17) is 11.6 Å². The second kappa shape index (κ2) is 5.90. The molecule has 1 aromatic heterocycles. The van der Waals surface area contributed by atoms with Crippen LogP contribution in [-0.2, 0) is 13.0 Å². The maximum absolute atomic E-state index is 10.7. The van der Waals surface area contributed by atoms with E-state index in [1.807, 2.05) is 11.6 Å². The first-order valence-electron chi connectivity index (χ1n) is 8.13. The van der Waals surface area contributed by atoms with Crippen LogP contribution >= 0.6 is 11.6 Å². The minimum atomic E-state index is -0.305. The summed E-state index contributed by atoms with van der Waals surface area (Å²) in [6.45, 7) is 4.79. The molecule has 3 heterocycles. The van der Waals surface area contributed by atoms with Gasteiger partial charge in [-0.3, -0.25) is 4.68 Å². The molecule has 1 N–H and O–H groups in total. The highest BCUT2D eigenvalue weighted by Crippen LogP contribution is 2.39. The van der Waals surface area contributed by atoms with Crippen molar-refractivity contribution in [2.45, 2.75) is 70.7 Å². The molecule has 0 spiro atoms. The number of hydrogen-bond acceptors (Lipinski definition) is 3. The van der Waals surface area contributed by atoms with Crippen molar-refractivity contribution in [3.8, 4) is 0 Å². The Morgan fingerprint density at radius 2 is 1.95 bits per heavy atom. The molecular weight excluding hydrogens is 286 g/mol. The van der Waals surface area contributed by atoms with E-state index in [9.17, 15) is 5.11 Å². The lowest BCUT2D eigenvalue weighted by atomic mass is 9.85. The van der Waals surface area contributed by atoms with E-state index in [1.54, 1.807) is 0 Å². The lowest BCUT2D eigenvalue weighted by Crippen LogP contribution is -2.43. The highest BCUT2D eigenvalue weighted by atomic mass is 35.5. The quantitative estimate of drug-likeness (QED) is 0.929. The van der Waals surface area contributed by atoms with Gasteiger partial charge in [-0.2, -0.15) is 5.10 Å². The Morgan fingerprint density at radius 3 is 2.52 bits per heavy atom. The van der Waals surface area contributed by atoms with Crippen LogP contribution in [-0.4, -0.2) is 45.0 Å². The SMILES string of the molecule is CCn1nc(C)c(Cl)c1CC(O)C1CC2CCC(C1)N2C. The summed E-state index contributed by atoms with van der Waals surface area (Å²) in [5.41, 5.74) is 1.86. The Labute approximate surface area is 132 Å².